The highest BCUT2D eigenvalue weighted by molar-refractivity contribution is 5.69. The third-order valence-corrected chi connectivity index (χ3v) is 4.44. The van der Waals surface area contributed by atoms with Gasteiger partial charge in [-0.1, -0.05) is 90.6 Å². The molecule has 0 aromatic rings. The van der Waals surface area contributed by atoms with Gasteiger partial charge < -0.3 is 14.2 Å². The molecule has 0 amide bonds. The molecule has 0 unspecified atom stereocenters. The van der Waals surface area contributed by atoms with Crippen molar-refractivity contribution in [1.82, 2.24) is 0 Å². The van der Waals surface area contributed by atoms with Crippen LogP contribution in [0, 0.1) is 0 Å². The van der Waals surface area contributed by atoms with Crippen molar-refractivity contribution in [3.8, 4) is 0 Å². The predicted octanol–water partition coefficient (Wildman–Crippen LogP) is 6.19. The summed E-state index contributed by atoms with van der Waals surface area (Å²) in [5.41, 5.74) is 0. The van der Waals surface area contributed by atoms with E-state index >= 15 is 0 Å². The molecule has 0 aliphatic heterocycles. The standard InChI is InChI=1S/C22H42O4/c1-3-5-6-7-8-9-10-11-12-13-14-15-16-17-22(23)26-21-20-25-19-18-24-4-2/h4H,2-3,5-21H2,1H3. The molecule has 0 spiro atoms. The van der Waals surface area contributed by atoms with Gasteiger partial charge in [-0.2, -0.15) is 0 Å². The SMILES string of the molecule is C=COCCOCCOC(=O)CCCCCCCCCCCCCCC. The quantitative estimate of drug-likeness (QED) is 0.137. The summed E-state index contributed by atoms with van der Waals surface area (Å²) in [5.74, 6) is -0.112. The van der Waals surface area contributed by atoms with Gasteiger partial charge in [0.05, 0.1) is 19.5 Å². The van der Waals surface area contributed by atoms with E-state index < -0.39 is 0 Å². The molecule has 0 bridgehead atoms. The molecule has 0 aliphatic rings. The molecule has 0 radical (unpaired) electrons. The first kappa shape index (κ1) is 25.0. The number of hydrogen-bond donors (Lipinski definition) is 0. The number of carbonyl (C=O) groups is 1. The van der Waals surface area contributed by atoms with Gasteiger partial charge in [0, 0.05) is 6.42 Å². The molecule has 0 aromatic carbocycles. The van der Waals surface area contributed by atoms with Crippen molar-refractivity contribution in [2.75, 3.05) is 26.4 Å². The largest absolute Gasteiger partial charge is 0.499 e. The van der Waals surface area contributed by atoms with Gasteiger partial charge >= 0.3 is 5.97 Å². The minimum atomic E-state index is -0.112. The fourth-order valence-corrected chi connectivity index (χ4v) is 2.87. The van der Waals surface area contributed by atoms with E-state index in [4.69, 9.17) is 14.2 Å². The molecule has 0 fully saturated rings. The lowest BCUT2D eigenvalue weighted by Gasteiger charge is -2.06. The molecular formula is C22H42O4. The number of hydrogen-bond acceptors (Lipinski definition) is 4. The van der Waals surface area contributed by atoms with Gasteiger partial charge in [-0.15, -0.1) is 0 Å². The van der Waals surface area contributed by atoms with E-state index in [2.05, 4.69) is 13.5 Å². The lowest BCUT2D eigenvalue weighted by atomic mass is 10.0. The first-order valence-corrected chi connectivity index (χ1v) is 10.8. The Hall–Kier alpha value is -1.03. The smallest absolute Gasteiger partial charge is 0.305 e. The van der Waals surface area contributed by atoms with Crippen molar-refractivity contribution in [1.29, 1.82) is 0 Å². The van der Waals surface area contributed by atoms with Gasteiger partial charge in [-0.05, 0) is 6.42 Å². The number of esters is 1. The molecule has 4 nitrogen and oxygen atoms in total. The zero-order chi connectivity index (χ0) is 19.1. The Morgan fingerprint density at radius 3 is 1.77 bits per heavy atom. The van der Waals surface area contributed by atoms with Gasteiger partial charge in [0.2, 0.25) is 0 Å². The van der Waals surface area contributed by atoms with Crippen LogP contribution in [0.5, 0.6) is 0 Å². The van der Waals surface area contributed by atoms with Crippen LogP contribution in [0.2, 0.25) is 0 Å². The van der Waals surface area contributed by atoms with Crippen molar-refractivity contribution in [3.05, 3.63) is 12.8 Å². The summed E-state index contributed by atoms with van der Waals surface area (Å²) in [7, 11) is 0. The molecule has 4 heteroatoms. The summed E-state index contributed by atoms with van der Waals surface area (Å²) in [6, 6.07) is 0. The fourth-order valence-electron chi connectivity index (χ4n) is 2.87. The monoisotopic (exact) mass is 370 g/mol. The van der Waals surface area contributed by atoms with E-state index in [1.807, 2.05) is 0 Å². The van der Waals surface area contributed by atoms with Gasteiger partial charge in [-0.3, -0.25) is 4.79 Å². The second-order valence-electron chi connectivity index (χ2n) is 6.86. The van der Waals surface area contributed by atoms with Crippen LogP contribution in [0.1, 0.15) is 96.8 Å². The first-order chi connectivity index (χ1) is 12.8. The Balaban J connectivity index is 3.13. The molecule has 0 aromatic heterocycles. The van der Waals surface area contributed by atoms with Crippen molar-refractivity contribution in [2.24, 2.45) is 0 Å². The molecule has 0 N–H and O–H groups in total. The second-order valence-corrected chi connectivity index (χ2v) is 6.86. The number of unbranched alkanes of at least 4 members (excludes halogenated alkanes) is 12. The minimum absolute atomic E-state index is 0.112. The first-order valence-electron chi connectivity index (χ1n) is 10.8. The van der Waals surface area contributed by atoms with E-state index in [1.54, 1.807) is 0 Å². The summed E-state index contributed by atoms with van der Waals surface area (Å²) in [5, 5.41) is 0. The number of rotatable bonds is 21. The molecule has 0 heterocycles. The zero-order valence-electron chi connectivity index (χ0n) is 17.1. The Morgan fingerprint density at radius 2 is 1.23 bits per heavy atom. The predicted molar refractivity (Wildman–Crippen MR) is 108 cm³/mol. The van der Waals surface area contributed by atoms with Gasteiger partial charge in [0.1, 0.15) is 13.2 Å². The number of ether oxygens (including phenoxy) is 3. The van der Waals surface area contributed by atoms with E-state index in [-0.39, 0.29) is 5.97 Å². The van der Waals surface area contributed by atoms with Crippen molar-refractivity contribution in [3.63, 3.8) is 0 Å². The highest BCUT2D eigenvalue weighted by Gasteiger charge is 2.02. The van der Waals surface area contributed by atoms with Gasteiger partial charge in [-0.25, -0.2) is 0 Å². The maximum atomic E-state index is 11.6. The van der Waals surface area contributed by atoms with Crippen molar-refractivity contribution >= 4 is 5.97 Å². The van der Waals surface area contributed by atoms with E-state index in [0.29, 0.717) is 32.8 Å². The molecule has 0 aliphatic carbocycles. The molecule has 26 heavy (non-hydrogen) atoms. The average molecular weight is 371 g/mol. The van der Waals surface area contributed by atoms with E-state index in [1.165, 1.54) is 76.9 Å². The molecule has 154 valence electrons. The third kappa shape index (κ3) is 21.0. The summed E-state index contributed by atoms with van der Waals surface area (Å²) in [6.45, 7) is 7.43. The Labute approximate surface area is 161 Å². The van der Waals surface area contributed by atoms with E-state index in [0.717, 1.165) is 12.8 Å². The third-order valence-electron chi connectivity index (χ3n) is 4.44. The van der Waals surface area contributed by atoms with Gasteiger partial charge in [0.15, 0.2) is 0 Å². The molecule has 0 rings (SSSR count). The number of carbonyl (C=O) groups excluding carboxylic acids is 1. The lowest BCUT2D eigenvalue weighted by Crippen LogP contribution is -2.12. The lowest BCUT2D eigenvalue weighted by molar-refractivity contribution is -0.145. The van der Waals surface area contributed by atoms with Crippen molar-refractivity contribution < 1.29 is 19.0 Å². The highest BCUT2D eigenvalue weighted by atomic mass is 16.6. The summed E-state index contributed by atoms with van der Waals surface area (Å²) < 4.78 is 15.3. The highest BCUT2D eigenvalue weighted by Crippen LogP contribution is 2.13. The maximum Gasteiger partial charge on any atom is 0.305 e. The van der Waals surface area contributed by atoms with Crippen molar-refractivity contribution in [2.45, 2.75) is 96.8 Å². The van der Waals surface area contributed by atoms with Crippen LogP contribution in [0.4, 0.5) is 0 Å². The Bertz CT molecular complexity index is 305. The van der Waals surface area contributed by atoms with Crippen LogP contribution in [-0.4, -0.2) is 32.4 Å². The maximum absolute atomic E-state index is 11.6. The van der Waals surface area contributed by atoms with Crippen LogP contribution in [0.3, 0.4) is 0 Å². The van der Waals surface area contributed by atoms with Crippen LogP contribution in [-0.2, 0) is 19.0 Å². The van der Waals surface area contributed by atoms with Crippen LogP contribution in [0.15, 0.2) is 12.8 Å². The molecule has 0 saturated heterocycles. The normalized spacial score (nSPS) is 10.7. The van der Waals surface area contributed by atoms with Crippen LogP contribution in [0.25, 0.3) is 0 Å². The summed E-state index contributed by atoms with van der Waals surface area (Å²) >= 11 is 0. The zero-order valence-corrected chi connectivity index (χ0v) is 17.1. The summed E-state index contributed by atoms with van der Waals surface area (Å²) in [6.07, 6.45) is 19.0. The average Bonchev–Trinajstić information content (AvgIpc) is 2.64. The van der Waals surface area contributed by atoms with Gasteiger partial charge in [0.25, 0.3) is 0 Å². The second kappa shape index (κ2) is 22.0. The minimum Gasteiger partial charge on any atom is -0.499 e. The van der Waals surface area contributed by atoms with Crippen LogP contribution >= 0.6 is 0 Å². The van der Waals surface area contributed by atoms with Crippen LogP contribution < -0.4 is 0 Å². The fraction of sp³-hybridized carbons (Fsp3) is 0.864. The molecule has 0 atom stereocenters. The molecular weight excluding hydrogens is 328 g/mol. The van der Waals surface area contributed by atoms with E-state index in [9.17, 15) is 4.79 Å². The topological polar surface area (TPSA) is 44.8 Å². The Morgan fingerprint density at radius 1 is 0.731 bits per heavy atom. The molecule has 0 saturated carbocycles. The Kier molecular flexibility index (Phi) is 21.1. The summed E-state index contributed by atoms with van der Waals surface area (Å²) in [4.78, 5) is 11.6.